The van der Waals surface area contributed by atoms with Crippen molar-refractivity contribution in [2.75, 3.05) is 6.54 Å². The van der Waals surface area contributed by atoms with Crippen molar-refractivity contribution < 1.29 is 0 Å². The number of thiophene rings is 1. The third-order valence-electron chi connectivity index (χ3n) is 2.56. The molecule has 1 aromatic heterocycles. The number of rotatable bonds is 4. The maximum absolute atomic E-state index is 3.56. The van der Waals surface area contributed by atoms with Crippen LogP contribution in [0.4, 0.5) is 0 Å². The molecule has 0 aliphatic carbocycles. The van der Waals surface area contributed by atoms with Crippen LogP contribution in [0.5, 0.6) is 0 Å². The summed E-state index contributed by atoms with van der Waals surface area (Å²) in [5.74, 6) is 0. The van der Waals surface area contributed by atoms with Crippen LogP contribution in [0.2, 0.25) is 0 Å². The summed E-state index contributed by atoms with van der Waals surface area (Å²) in [6.45, 7) is 3.09. The SMILES string of the molecule is CCNC(c1ccc(Br)s1)c1cc(Br)ccc1I. The summed E-state index contributed by atoms with van der Waals surface area (Å²) in [5.41, 5.74) is 1.32. The lowest BCUT2D eigenvalue weighted by atomic mass is 10.1. The zero-order valence-corrected chi connectivity index (χ0v) is 15.9. The molecule has 5 heteroatoms. The summed E-state index contributed by atoms with van der Waals surface area (Å²) < 4.78 is 3.58. The molecule has 18 heavy (non-hydrogen) atoms. The molecule has 1 heterocycles. The fraction of sp³-hybridized carbons (Fsp3) is 0.231. The van der Waals surface area contributed by atoms with E-state index in [2.05, 4.69) is 97.0 Å². The fourth-order valence-corrected chi connectivity index (χ4v) is 4.33. The molecule has 0 spiro atoms. The number of benzene rings is 1. The van der Waals surface area contributed by atoms with E-state index in [1.54, 1.807) is 11.3 Å². The smallest absolute Gasteiger partial charge is 0.0702 e. The summed E-state index contributed by atoms with van der Waals surface area (Å²) in [6, 6.07) is 11.0. The van der Waals surface area contributed by atoms with Gasteiger partial charge in [-0.2, -0.15) is 0 Å². The summed E-state index contributed by atoms with van der Waals surface area (Å²) in [5, 5.41) is 3.56. The molecule has 1 atom stereocenters. The largest absolute Gasteiger partial charge is 0.306 e. The Morgan fingerprint density at radius 3 is 2.67 bits per heavy atom. The van der Waals surface area contributed by atoms with Crippen LogP contribution in [0.1, 0.15) is 23.4 Å². The van der Waals surface area contributed by atoms with Gasteiger partial charge in [-0.1, -0.05) is 22.9 Å². The standard InChI is InChI=1S/C13H12Br2INS/c1-2-17-13(11-5-6-12(15)18-11)9-7-8(14)3-4-10(9)16/h3-7,13,17H,2H2,1H3. The fourth-order valence-electron chi connectivity index (χ4n) is 1.79. The number of hydrogen-bond acceptors (Lipinski definition) is 2. The Labute approximate surface area is 142 Å². The van der Waals surface area contributed by atoms with Gasteiger partial charge in [-0.15, -0.1) is 11.3 Å². The van der Waals surface area contributed by atoms with Gasteiger partial charge < -0.3 is 5.32 Å². The molecule has 0 saturated heterocycles. The molecule has 0 radical (unpaired) electrons. The zero-order valence-electron chi connectivity index (χ0n) is 9.71. The highest BCUT2D eigenvalue weighted by Gasteiger charge is 2.17. The first-order valence-corrected chi connectivity index (χ1v) is 9.03. The third-order valence-corrected chi connectivity index (χ3v) is 5.72. The molecular weight excluding hydrogens is 489 g/mol. The summed E-state index contributed by atoms with van der Waals surface area (Å²) in [6.07, 6.45) is 0. The second-order valence-corrected chi connectivity index (χ2v) is 8.37. The molecule has 2 aromatic rings. The quantitative estimate of drug-likeness (QED) is 0.541. The molecule has 96 valence electrons. The van der Waals surface area contributed by atoms with Gasteiger partial charge in [0.25, 0.3) is 0 Å². The van der Waals surface area contributed by atoms with E-state index >= 15 is 0 Å². The van der Waals surface area contributed by atoms with Crippen LogP contribution in [-0.2, 0) is 0 Å². The Balaban J connectivity index is 2.44. The van der Waals surface area contributed by atoms with Crippen LogP contribution < -0.4 is 5.32 Å². The number of hydrogen-bond donors (Lipinski definition) is 1. The van der Waals surface area contributed by atoms with Crippen molar-refractivity contribution in [3.8, 4) is 0 Å². The van der Waals surface area contributed by atoms with Gasteiger partial charge in [0.15, 0.2) is 0 Å². The topological polar surface area (TPSA) is 12.0 Å². The van der Waals surface area contributed by atoms with Crippen molar-refractivity contribution in [1.82, 2.24) is 5.32 Å². The van der Waals surface area contributed by atoms with Crippen molar-refractivity contribution in [3.63, 3.8) is 0 Å². The van der Waals surface area contributed by atoms with Crippen LogP contribution in [0.15, 0.2) is 38.6 Å². The number of halogens is 3. The van der Waals surface area contributed by atoms with Gasteiger partial charge >= 0.3 is 0 Å². The van der Waals surface area contributed by atoms with Crippen LogP contribution >= 0.6 is 65.8 Å². The minimum absolute atomic E-state index is 0.260. The van der Waals surface area contributed by atoms with Crippen molar-refractivity contribution in [3.05, 3.63) is 52.6 Å². The predicted octanol–water partition coefficient (Wildman–Crippen LogP) is 5.58. The van der Waals surface area contributed by atoms with Crippen molar-refractivity contribution >= 4 is 65.8 Å². The van der Waals surface area contributed by atoms with Gasteiger partial charge in [0.2, 0.25) is 0 Å². The van der Waals surface area contributed by atoms with Gasteiger partial charge in [-0.25, -0.2) is 0 Å². The molecule has 2 rings (SSSR count). The highest BCUT2D eigenvalue weighted by Crippen LogP contribution is 2.34. The average molecular weight is 501 g/mol. The molecular formula is C13H12Br2INS. The molecule has 0 amide bonds. The Bertz CT molecular complexity index is 542. The van der Waals surface area contributed by atoms with E-state index in [-0.39, 0.29) is 6.04 Å². The second kappa shape index (κ2) is 6.83. The molecule has 0 bridgehead atoms. The first-order chi connectivity index (χ1) is 8.61. The van der Waals surface area contributed by atoms with E-state index in [1.807, 2.05) is 0 Å². The van der Waals surface area contributed by atoms with Gasteiger partial charge in [0.1, 0.15) is 0 Å². The molecule has 1 nitrogen and oxygen atoms in total. The molecule has 1 unspecified atom stereocenters. The zero-order chi connectivity index (χ0) is 13.1. The summed E-state index contributed by atoms with van der Waals surface area (Å²) in [7, 11) is 0. The van der Waals surface area contributed by atoms with E-state index < -0.39 is 0 Å². The minimum atomic E-state index is 0.260. The maximum atomic E-state index is 3.56. The van der Waals surface area contributed by atoms with Gasteiger partial charge in [0, 0.05) is 12.9 Å². The highest BCUT2D eigenvalue weighted by atomic mass is 127. The Kier molecular flexibility index (Phi) is 5.68. The van der Waals surface area contributed by atoms with Gasteiger partial charge in [0.05, 0.1) is 9.83 Å². The second-order valence-electron chi connectivity index (χ2n) is 3.80. The first kappa shape index (κ1) is 15.0. The van der Waals surface area contributed by atoms with E-state index in [0.29, 0.717) is 0 Å². The van der Waals surface area contributed by atoms with Crippen LogP contribution in [0.25, 0.3) is 0 Å². The van der Waals surface area contributed by atoms with E-state index in [0.717, 1.165) is 11.0 Å². The Morgan fingerprint density at radius 2 is 2.06 bits per heavy atom. The lowest BCUT2D eigenvalue weighted by molar-refractivity contribution is 0.637. The highest BCUT2D eigenvalue weighted by molar-refractivity contribution is 14.1. The normalized spacial score (nSPS) is 12.7. The van der Waals surface area contributed by atoms with Gasteiger partial charge in [-0.05, 0) is 81.0 Å². The first-order valence-electron chi connectivity index (χ1n) is 5.55. The van der Waals surface area contributed by atoms with Crippen LogP contribution in [0.3, 0.4) is 0 Å². The summed E-state index contributed by atoms with van der Waals surface area (Å²) in [4.78, 5) is 1.33. The molecule has 0 aliphatic rings. The van der Waals surface area contributed by atoms with Crippen molar-refractivity contribution in [2.45, 2.75) is 13.0 Å². The Hall–Kier alpha value is 0.570. The average Bonchev–Trinajstić information content (AvgIpc) is 2.76. The third kappa shape index (κ3) is 3.56. The van der Waals surface area contributed by atoms with E-state index in [9.17, 15) is 0 Å². The van der Waals surface area contributed by atoms with Crippen LogP contribution in [-0.4, -0.2) is 6.54 Å². The maximum Gasteiger partial charge on any atom is 0.0702 e. The number of nitrogens with one attached hydrogen (secondary N) is 1. The molecule has 0 aliphatic heterocycles. The van der Waals surface area contributed by atoms with Crippen LogP contribution in [0, 0.1) is 3.57 Å². The molecule has 1 N–H and O–H groups in total. The lowest BCUT2D eigenvalue weighted by Crippen LogP contribution is -2.22. The molecule has 1 aromatic carbocycles. The predicted molar refractivity (Wildman–Crippen MR) is 94.4 cm³/mol. The monoisotopic (exact) mass is 499 g/mol. The van der Waals surface area contributed by atoms with Crippen molar-refractivity contribution in [2.24, 2.45) is 0 Å². The van der Waals surface area contributed by atoms with E-state index in [4.69, 9.17) is 0 Å². The minimum Gasteiger partial charge on any atom is -0.306 e. The Morgan fingerprint density at radius 1 is 1.28 bits per heavy atom. The van der Waals surface area contributed by atoms with Gasteiger partial charge in [-0.3, -0.25) is 0 Å². The van der Waals surface area contributed by atoms with Crippen molar-refractivity contribution in [1.29, 1.82) is 0 Å². The van der Waals surface area contributed by atoms with E-state index in [1.165, 1.54) is 17.8 Å². The molecule has 0 fully saturated rings. The summed E-state index contributed by atoms with van der Waals surface area (Å²) >= 11 is 11.3. The molecule has 0 saturated carbocycles. The lowest BCUT2D eigenvalue weighted by Gasteiger charge is -2.18.